The fraction of sp³-hybridized carbons (Fsp3) is 0.158. The van der Waals surface area contributed by atoms with Gasteiger partial charge in [0.05, 0.1) is 17.6 Å². The molecular weight excluding hydrogens is 332 g/mol. The number of amides is 1. The molecular formula is C19H16N4O3. The molecule has 0 radical (unpaired) electrons. The first-order chi connectivity index (χ1) is 12.7. The number of carbonyl (C=O) groups excluding carboxylic acids is 1. The lowest BCUT2D eigenvalue weighted by Crippen LogP contribution is -2.23. The van der Waals surface area contributed by atoms with Gasteiger partial charge in [0, 0.05) is 18.2 Å². The lowest BCUT2D eigenvalue weighted by molar-refractivity contribution is 0.0950. The Morgan fingerprint density at radius 3 is 2.92 bits per heavy atom. The van der Waals surface area contributed by atoms with Gasteiger partial charge in [-0.25, -0.2) is 4.98 Å². The summed E-state index contributed by atoms with van der Waals surface area (Å²) in [5.41, 5.74) is 3.04. The number of oxazole rings is 1. The molecule has 0 aliphatic carbocycles. The fourth-order valence-corrected chi connectivity index (χ4v) is 2.62. The second kappa shape index (κ2) is 6.79. The highest BCUT2D eigenvalue weighted by molar-refractivity contribution is 6.00. The maximum absolute atomic E-state index is 12.5. The van der Waals surface area contributed by atoms with E-state index in [0.29, 0.717) is 46.8 Å². The molecule has 4 aromatic rings. The van der Waals surface area contributed by atoms with Crippen molar-refractivity contribution in [2.75, 3.05) is 0 Å². The van der Waals surface area contributed by atoms with Crippen LogP contribution in [0.3, 0.4) is 0 Å². The van der Waals surface area contributed by atoms with E-state index in [1.54, 1.807) is 30.7 Å². The van der Waals surface area contributed by atoms with E-state index in [1.807, 2.05) is 25.1 Å². The molecule has 130 valence electrons. The topological polar surface area (TPSA) is 94.0 Å². The second-order valence-electron chi connectivity index (χ2n) is 5.73. The predicted octanol–water partition coefficient (Wildman–Crippen LogP) is 3.37. The maximum Gasteiger partial charge on any atom is 0.251 e. The molecule has 0 spiro atoms. The van der Waals surface area contributed by atoms with Crippen LogP contribution in [0.25, 0.3) is 22.4 Å². The number of aryl methyl sites for hydroxylation is 1. The summed E-state index contributed by atoms with van der Waals surface area (Å²) < 4.78 is 10.7. The van der Waals surface area contributed by atoms with E-state index in [1.165, 1.54) is 0 Å². The van der Waals surface area contributed by atoms with Crippen molar-refractivity contribution in [2.45, 2.75) is 19.9 Å². The lowest BCUT2D eigenvalue weighted by Gasteiger charge is -2.04. The van der Waals surface area contributed by atoms with Crippen LogP contribution in [0.1, 0.15) is 28.9 Å². The molecule has 7 heteroatoms. The number of hydrogen-bond acceptors (Lipinski definition) is 6. The van der Waals surface area contributed by atoms with Crippen LogP contribution in [-0.4, -0.2) is 21.0 Å². The first kappa shape index (κ1) is 16.0. The van der Waals surface area contributed by atoms with Gasteiger partial charge >= 0.3 is 0 Å². The van der Waals surface area contributed by atoms with Gasteiger partial charge in [0.1, 0.15) is 17.7 Å². The highest BCUT2D eigenvalue weighted by atomic mass is 16.5. The Kier molecular flexibility index (Phi) is 4.18. The number of nitrogens with zero attached hydrogens (tertiary/aromatic N) is 3. The predicted molar refractivity (Wildman–Crippen MR) is 94.3 cm³/mol. The summed E-state index contributed by atoms with van der Waals surface area (Å²) in [6.45, 7) is 2.32. The van der Waals surface area contributed by atoms with Crippen LogP contribution in [0.2, 0.25) is 0 Å². The van der Waals surface area contributed by atoms with Crippen LogP contribution < -0.4 is 5.32 Å². The van der Waals surface area contributed by atoms with Gasteiger partial charge in [-0.1, -0.05) is 18.1 Å². The average molecular weight is 348 g/mol. The number of pyridine rings is 1. The normalized spacial score (nSPS) is 11.0. The van der Waals surface area contributed by atoms with Crippen LogP contribution in [-0.2, 0) is 13.0 Å². The summed E-state index contributed by atoms with van der Waals surface area (Å²) in [5.74, 6) is 0.430. The van der Waals surface area contributed by atoms with Crippen molar-refractivity contribution in [3.63, 3.8) is 0 Å². The zero-order valence-electron chi connectivity index (χ0n) is 14.1. The van der Waals surface area contributed by atoms with Crippen molar-refractivity contribution in [1.29, 1.82) is 0 Å². The molecule has 0 unspecified atom stereocenters. The van der Waals surface area contributed by atoms with Crippen molar-refractivity contribution >= 4 is 16.9 Å². The van der Waals surface area contributed by atoms with E-state index in [0.717, 1.165) is 5.69 Å². The molecule has 0 saturated carbocycles. The Morgan fingerprint density at radius 2 is 2.15 bits per heavy atom. The molecule has 1 N–H and O–H groups in total. The molecule has 26 heavy (non-hydrogen) atoms. The van der Waals surface area contributed by atoms with Gasteiger partial charge in [0.25, 0.3) is 5.91 Å². The van der Waals surface area contributed by atoms with Crippen LogP contribution in [0.5, 0.6) is 0 Å². The standard InChI is InChI=1S/C19H16N4O3/c1-2-17-22-15(11-25-17)18-14-9-12(6-7-16(14)26-23-18)19(24)21-10-13-5-3-4-8-20-13/h3-9,11H,2,10H2,1H3,(H,21,24). The zero-order valence-corrected chi connectivity index (χ0v) is 14.1. The van der Waals surface area contributed by atoms with Gasteiger partial charge in [-0.15, -0.1) is 0 Å². The Labute approximate surface area is 149 Å². The molecule has 0 fully saturated rings. The summed E-state index contributed by atoms with van der Waals surface area (Å²) in [6, 6.07) is 10.7. The number of benzene rings is 1. The molecule has 4 rings (SSSR count). The Bertz CT molecular complexity index is 1050. The van der Waals surface area contributed by atoms with E-state index >= 15 is 0 Å². The van der Waals surface area contributed by atoms with Crippen molar-refractivity contribution in [1.82, 2.24) is 20.4 Å². The third-order valence-electron chi connectivity index (χ3n) is 3.99. The van der Waals surface area contributed by atoms with Gasteiger partial charge in [0.15, 0.2) is 11.5 Å². The number of fused-ring (bicyclic) bond motifs is 1. The molecule has 0 aliphatic rings. The first-order valence-electron chi connectivity index (χ1n) is 8.27. The van der Waals surface area contributed by atoms with Crippen molar-refractivity contribution < 1.29 is 13.7 Å². The smallest absolute Gasteiger partial charge is 0.251 e. The second-order valence-corrected chi connectivity index (χ2v) is 5.73. The SMILES string of the molecule is CCc1nc(-c2noc3ccc(C(=O)NCc4ccccn4)cc23)co1. The maximum atomic E-state index is 12.5. The third kappa shape index (κ3) is 3.06. The van der Waals surface area contributed by atoms with Gasteiger partial charge in [-0.2, -0.15) is 0 Å². The number of hydrogen-bond donors (Lipinski definition) is 1. The molecule has 1 amide bonds. The summed E-state index contributed by atoms with van der Waals surface area (Å²) in [6.07, 6.45) is 3.93. The van der Waals surface area contributed by atoms with Crippen molar-refractivity contribution in [3.8, 4) is 11.4 Å². The molecule has 0 atom stereocenters. The number of nitrogens with one attached hydrogen (secondary N) is 1. The van der Waals surface area contributed by atoms with Crippen molar-refractivity contribution in [2.24, 2.45) is 0 Å². The van der Waals surface area contributed by atoms with Crippen LogP contribution in [0.15, 0.2) is 57.8 Å². The molecule has 7 nitrogen and oxygen atoms in total. The minimum Gasteiger partial charge on any atom is -0.448 e. The Morgan fingerprint density at radius 1 is 1.23 bits per heavy atom. The van der Waals surface area contributed by atoms with Gasteiger partial charge in [-0.3, -0.25) is 9.78 Å². The zero-order chi connectivity index (χ0) is 17.9. The molecule has 0 saturated heterocycles. The van der Waals surface area contributed by atoms with Gasteiger partial charge in [-0.05, 0) is 30.3 Å². The number of aromatic nitrogens is 3. The molecule has 1 aromatic carbocycles. The minimum atomic E-state index is -0.195. The quantitative estimate of drug-likeness (QED) is 0.594. The largest absolute Gasteiger partial charge is 0.448 e. The van der Waals surface area contributed by atoms with E-state index in [9.17, 15) is 4.79 Å². The third-order valence-corrected chi connectivity index (χ3v) is 3.99. The van der Waals surface area contributed by atoms with Crippen LogP contribution >= 0.6 is 0 Å². The van der Waals surface area contributed by atoms with E-state index < -0.39 is 0 Å². The molecule has 0 aliphatic heterocycles. The molecule has 3 aromatic heterocycles. The summed E-state index contributed by atoms with van der Waals surface area (Å²) >= 11 is 0. The molecule has 0 bridgehead atoms. The highest BCUT2D eigenvalue weighted by Crippen LogP contribution is 2.28. The van der Waals surface area contributed by atoms with Gasteiger partial charge < -0.3 is 14.3 Å². The lowest BCUT2D eigenvalue weighted by atomic mass is 10.1. The highest BCUT2D eigenvalue weighted by Gasteiger charge is 2.16. The summed E-state index contributed by atoms with van der Waals surface area (Å²) in [7, 11) is 0. The van der Waals surface area contributed by atoms with Gasteiger partial charge in [0.2, 0.25) is 0 Å². The molecule has 3 heterocycles. The number of rotatable bonds is 5. The summed E-state index contributed by atoms with van der Waals surface area (Å²) in [4.78, 5) is 21.0. The summed E-state index contributed by atoms with van der Waals surface area (Å²) in [5, 5.41) is 7.64. The number of carbonyl (C=O) groups is 1. The van der Waals surface area contributed by atoms with E-state index in [-0.39, 0.29) is 5.91 Å². The van der Waals surface area contributed by atoms with Crippen LogP contribution in [0.4, 0.5) is 0 Å². The fourth-order valence-electron chi connectivity index (χ4n) is 2.62. The van der Waals surface area contributed by atoms with E-state index in [2.05, 4.69) is 20.4 Å². The average Bonchev–Trinajstić information content (AvgIpc) is 3.32. The van der Waals surface area contributed by atoms with Crippen molar-refractivity contribution in [3.05, 3.63) is 66.0 Å². The van der Waals surface area contributed by atoms with E-state index in [4.69, 9.17) is 8.94 Å². The first-order valence-corrected chi connectivity index (χ1v) is 8.27. The van der Waals surface area contributed by atoms with Crippen LogP contribution in [0, 0.1) is 0 Å². The Hall–Kier alpha value is -3.48. The Balaban J connectivity index is 1.60. The minimum absolute atomic E-state index is 0.195. The monoisotopic (exact) mass is 348 g/mol.